The molecule has 0 atom stereocenters. The minimum atomic E-state index is -0.406. The first-order valence-electron chi connectivity index (χ1n) is 9.92. The van der Waals surface area contributed by atoms with Crippen LogP contribution < -0.4 is 5.32 Å². The second kappa shape index (κ2) is 7.79. The monoisotopic (exact) mass is 406 g/mol. The lowest BCUT2D eigenvalue weighted by atomic mass is 9.98. The topological polar surface area (TPSA) is 82.3 Å². The van der Waals surface area contributed by atoms with Gasteiger partial charge in [0.05, 0.1) is 16.8 Å². The minimum absolute atomic E-state index is 0.284. The van der Waals surface area contributed by atoms with Crippen LogP contribution in [0.4, 0.5) is 8.78 Å². The van der Waals surface area contributed by atoms with Crippen molar-refractivity contribution in [3.8, 4) is 11.4 Å². The smallest absolute Gasteiger partial charge is 0.184 e. The van der Waals surface area contributed by atoms with E-state index in [1.165, 1.54) is 18.2 Å². The molecule has 3 N–H and O–H groups in total. The van der Waals surface area contributed by atoms with Crippen molar-refractivity contribution in [1.29, 1.82) is 0 Å². The van der Waals surface area contributed by atoms with E-state index in [2.05, 4.69) is 30.7 Å². The van der Waals surface area contributed by atoms with E-state index < -0.39 is 5.82 Å². The average Bonchev–Trinajstić information content (AvgIpc) is 3.40. The Labute approximate surface area is 171 Å². The third-order valence-electron chi connectivity index (χ3n) is 5.45. The Kier molecular flexibility index (Phi) is 4.84. The second-order valence-electron chi connectivity index (χ2n) is 7.44. The van der Waals surface area contributed by atoms with E-state index in [0.29, 0.717) is 28.5 Å². The van der Waals surface area contributed by atoms with Crippen LogP contribution in [0.3, 0.4) is 0 Å². The molecule has 0 saturated carbocycles. The number of rotatable bonds is 4. The fourth-order valence-corrected chi connectivity index (χ4v) is 3.78. The van der Waals surface area contributed by atoms with Gasteiger partial charge in [-0.3, -0.25) is 10.2 Å². The van der Waals surface area contributed by atoms with Gasteiger partial charge in [0, 0.05) is 17.4 Å². The molecular weight excluding hydrogens is 386 g/mol. The van der Waals surface area contributed by atoms with Crippen molar-refractivity contribution in [2.45, 2.75) is 18.8 Å². The summed E-state index contributed by atoms with van der Waals surface area (Å²) in [4.78, 5) is 4.57. The molecule has 0 radical (unpaired) electrons. The van der Waals surface area contributed by atoms with Crippen LogP contribution in [0.2, 0.25) is 0 Å². The van der Waals surface area contributed by atoms with Gasteiger partial charge in [-0.1, -0.05) is 18.2 Å². The Balaban J connectivity index is 1.47. The van der Waals surface area contributed by atoms with Crippen LogP contribution in [0.15, 0.2) is 36.4 Å². The molecule has 1 fully saturated rings. The summed E-state index contributed by atoms with van der Waals surface area (Å²) in [6, 6.07) is 9.29. The maximum atomic E-state index is 14.7. The fraction of sp³-hybridized carbons (Fsp3) is 0.227. The van der Waals surface area contributed by atoms with Crippen molar-refractivity contribution in [2.24, 2.45) is 0 Å². The van der Waals surface area contributed by atoms with E-state index in [9.17, 15) is 8.78 Å². The lowest BCUT2D eigenvalue weighted by molar-refractivity contribution is 0.446. The highest BCUT2D eigenvalue weighted by Gasteiger charge is 2.21. The maximum Gasteiger partial charge on any atom is 0.184 e. The van der Waals surface area contributed by atoms with Crippen LogP contribution >= 0.6 is 0 Å². The second-order valence-corrected chi connectivity index (χ2v) is 7.44. The Morgan fingerprint density at radius 1 is 0.933 bits per heavy atom. The molecule has 3 heterocycles. The molecule has 0 unspecified atom stereocenters. The SMILES string of the molecule is Fc1ccc(C=Cc2n[nH]c3cc(F)c(-c4n[nH]c(C5CCNCC5)n4)cc23)cc1. The molecular formula is C22H20F2N6. The number of benzene rings is 2. The summed E-state index contributed by atoms with van der Waals surface area (Å²) in [5.74, 6) is 0.763. The van der Waals surface area contributed by atoms with E-state index in [0.717, 1.165) is 42.7 Å². The maximum absolute atomic E-state index is 14.7. The van der Waals surface area contributed by atoms with Crippen LogP contribution in [0.5, 0.6) is 0 Å². The van der Waals surface area contributed by atoms with Crippen molar-refractivity contribution in [3.63, 3.8) is 0 Å². The lowest BCUT2D eigenvalue weighted by Crippen LogP contribution is -2.27. The number of aromatic amines is 2. The van der Waals surface area contributed by atoms with Crippen molar-refractivity contribution in [1.82, 2.24) is 30.7 Å². The molecule has 0 spiro atoms. The number of hydrogen-bond acceptors (Lipinski definition) is 4. The Hall–Kier alpha value is -3.39. The molecule has 6 nitrogen and oxygen atoms in total. The molecule has 2 aromatic heterocycles. The Morgan fingerprint density at radius 2 is 1.73 bits per heavy atom. The van der Waals surface area contributed by atoms with Crippen molar-refractivity contribution in [2.75, 3.05) is 13.1 Å². The summed E-state index contributed by atoms with van der Waals surface area (Å²) >= 11 is 0. The van der Waals surface area contributed by atoms with Crippen LogP contribution in [-0.2, 0) is 0 Å². The third kappa shape index (κ3) is 3.61. The number of hydrogen-bond donors (Lipinski definition) is 3. The largest absolute Gasteiger partial charge is 0.317 e. The number of fused-ring (bicyclic) bond motifs is 1. The van der Waals surface area contributed by atoms with Gasteiger partial charge in [0.1, 0.15) is 17.5 Å². The molecule has 8 heteroatoms. The van der Waals surface area contributed by atoms with E-state index in [4.69, 9.17) is 0 Å². The van der Waals surface area contributed by atoms with Crippen LogP contribution in [0, 0.1) is 11.6 Å². The molecule has 152 valence electrons. The summed E-state index contributed by atoms with van der Waals surface area (Å²) in [5.41, 5.74) is 2.42. The molecule has 1 aliphatic rings. The molecule has 5 rings (SSSR count). The van der Waals surface area contributed by atoms with E-state index >= 15 is 0 Å². The highest BCUT2D eigenvalue weighted by atomic mass is 19.1. The summed E-state index contributed by atoms with van der Waals surface area (Å²) in [7, 11) is 0. The summed E-state index contributed by atoms with van der Waals surface area (Å²) < 4.78 is 27.8. The minimum Gasteiger partial charge on any atom is -0.317 e. The molecule has 1 saturated heterocycles. The molecule has 1 aliphatic heterocycles. The van der Waals surface area contributed by atoms with Crippen molar-refractivity contribution in [3.05, 3.63) is 65.1 Å². The predicted octanol–water partition coefficient (Wildman–Crippen LogP) is 4.26. The first-order valence-corrected chi connectivity index (χ1v) is 9.92. The highest BCUT2D eigenvalue weighted by molar-refractivity contribution is 5.92. The molecule has 30 heavy (non-hydrogen) atoms. The van der Waals surface area contributed by atoms with E-state index in [-0.39, 0.29) is 5.82 Å². The quantitative estimate of drug-likeness (QED) is 0.473. The van der Waals surface area contributed by atoms with E-state index in [1.54, 1.807) is 18.2 Å². The molecule has 2 aromatic carbocycles. The molecule has 4 aromatic rings. The van der Waals surface area contributed by atoms with Gasteiger partial charge in [0.15, 0.2) is 5.82 Å². The molecule has 0 aliphatic carbocycles. The first kappa shape index (κ1) is 18.6. The van der Waals surface area contributed by atoms with Gasteiger partial charge in [0.2, 0.25) is 0 Å². The highest BCUT2D eigenvalue weighted by Crippen LogP contribution is 2.29. The van der Waals surface area contributed by atoms with Crippen LogP contribution in [0.25, 0.3) is 34.4 Å². The molecule has 0 amide bonds. The van der Waals surface area contributed by atoms with Gasteiger partial charge < -0.3 is 5.32 Å². The normalized spacial score (nSPS) is 15.4. The van der Waals surface area contributed by atoms with E-state index in [1.807, 2.05) is 12.2 Å². The van der Waals surface area contributed by atoms with Gasteiger partial charge in [-0.05, 0) is 55.8 Å². The zero-order chi connectivity index (χ0) is 20.5. The van der Waals surface area contributed by atoms with Crippen molar-refractivity contribution >= 4 is 23.1 Å². The zero-order valence-electron chi connectivity index (χ0n) is 16.1. The fourth-order valence-electron chi connectivity index (χ4n) is 3.78. The third-order valence-corrected chi connectivity index (χ3v) is 5.45. The number of H-pyrrole nitrogens is 2. The summed E-state index contributed by atoms with van der Waals surface area (Å²) in [6.45, 7) is 1.89. The van der Waals surface area contributed by atoms with Gasteiger partial charge in [0.25, 0.3) is 0 Å². The number of nitrogens with one attached hydrogen (secondary N) is 3. The number of aromatic nitrogens is 5. The summed E-state index contributed by atoms with van der Waals surface area (Å²) in [6.07, 6.45) is 5.61. The standard InChI is InChI=1S/C22H20F2N6/c23-15-4-1-13(2-5-15)3-6-19-17-11-16(18(24)12-20(17)28-27-19)22-26-21(29-30-22)14-7-9-25-10-8-14/h1-6,11-12,14,25H,7-10H2,(H,27,28)(H,26,29,30). The van der Waals surface area contributed by atoms with Crippen molar-refractivity contribution < 1.29 is 8.78 Å². The Bertz CT molecular complexity index is 1200. The van der Waals surface area contributed by atoms with Gasteiger partial charge in [-0.2, -0.15) is 10.2 Å². The van der Waals surface area contributed by atoms with Gasteiger partial charge in [-0.25, -0.2) is 13.8 Å². The number of nitrogens with zero attached hydrogens (tertiary/aromatic N) is 3. The molecule has 0 bridgehead atoms. The number of piperidine rings is 1. The van der Waals surface area contributed by atoms with Gasteiger partial charge >= 0.3 is 0 Å². The first-order chi connectivity index (χ1) is 14.7. The van der Waals surface area contributed by atoms with Gasteiger partial charge in [-0.15, -0.1) is 0 Å². The van der Waals surface area contributed by atoms with Crippen LogP contribution in [-0.4, -0.2) is 38.5 Å². The van der Waals surface area contributed by atoms with Crippen LogP contribution in [0.1, 0.15) is 35.8 Å². The predicted molar refractivity (Wildman–Crippen MR) is 112 cm³/mol. The zero-order valence-corrected chi connectivity index (χ0v) is 16.1. The summed E-state index contributed by atoms with van der Waals surface area (Å²) in [5, 5.41) is 18.5. The average molecular weight is 406 g/mol. The Morgan fingerprint density at radius 3 is 2.53 bits per heavy atom. The number of halogens is 2. The lowest BCUT2D eigenvalue weighted by Gasteiger charge is -2.19.